The maximum absolute atomic E-state index is 11.7. The summed E-state index contributed by atoms with van der Waals surface area (Å²) in [4.78, 5) is 29.6. The number of carbonyl (C=O) groups is 2. The monoisotopic (exact) mass is 371 g/mol. The number of esters is 2. The Hall–Kier alpha value is -1.54. The third kappa shape index (κ3) is 4.73. The second-order valence-electron chi connectivity index (χ2n) is 5.09. The standard InChI is InChI=1S/C16H21NO5S2/c1-4-22-15(18)12-8-7-11(24-12)6-5-10-9-23-13(16(19)21-3)14(17-10)20-2/h7-8,10,13H,4-6,9H2,1-3H3. The summed E-state index contributed by atoms with van der Waals surface area (Å²) in [5, 5.41) is -0.478. The zero-order chi connectivity index (χ0) is 17.5. The van der Waals surface area contributed by atoms with Gasteiger partial charge in [0.25, 0.3) is 0 Å². The summed E-state index contributed by atoms with van der Waals surface area (Å²) in [5.74, 6) is 0.545. The normalized spacial score (nSPS) is 20.2. The van der Waals surface area contributed by atoms with E-state index in [1.54, 1.807) is 13.0 Å². The van der Waals surface area contributed by atoms with E-state index in [0.717, 1.165) is 23.5 Å². The molecule has 0 fully saturated rings. The number of thiophene rings is 1. The lowest BCUT2D eigenvalue weighted by atomic mass is 10.1. The molecule has 8 heteroatoms. The number of hydrogen-bond acceptors (Lipinski definition) is 8. The molecular weight excluding hydrogens is 350 g/mol. The van der Waals surface area contributed by atoms with Crippen LogP contribution in [0.4, 0.5) is 0 Å². The Morgan fingerprint density at radius 1 is 1.33 bits per heavy atom. The minimum atomic E-state index is -0.478. The number of hydrogen-bond donors (Lipinski definition) is 0. The molecule has 0 bridgehead atoms. The predicted octanol–water partition coefficient (Wildman–Crippen LogP) is 2.56. The first-order chi connectivity index (χ1) is 11.6. The third-order valence-electron chi connectivity index (χ3n) is 3.48. The average Bonchev–Trinajstić information content (AvgIpc) is 3.08. The minimum Gasteiger partial charge on any atom is -0.483 e. The number of nitrogens with zero attached hydrogens (tertiary/aromatic N) is 1. The summed E-state index contributed by atoms with van der Waals surface area (Å²) in [6, 6.07) is 3.83. The number of thioether (sulfide) groups is 1. The molecule has 1 aliphatic rings. The fraction of sp³-hybridized carbons (Fsp3) is 0.562. The molecule has 0 N–H and O–H groups in total. The number of aliphatic imine (C=N–C) groups is 1. The van der Waals surface area contributed by atoms with Gasteiger partial charge in [-0.25, -0.2) is 9.79 Å². The molecular formula is C16H21NO5S2. The van der Waals surface area contributed by atoms with Crippen molar-refractivity contribution >= 4 is 40.9 Å². The van der Waals surface area contributed by atoms with Crippen molar-refractivity contribution in [3.8, 4) is 0 Å². The fourth-order valence-corrected chi connectivity index (χ4v) is 4.38. The molecule has 0 aromatic carbocycles. The van der Waals surface area contributed by atoms with Crippen LogP contribution in [0.2, 0.25) is 0 Å². The molecule has 2 unspecified atom stereocenters. The zero-order valence-electron chi connectivity index (χ0n) is 13.9. The van der Waals surface area contributed by atoms with Crippen molar-refractivity contribution in [1.29, 1.82) is 0 Å². The second-order valence-corrected chi connectivity index (χ2v) is 7.39. The zero-order valence-corrected chi connectivity index (χ0v) is 15.6. The van der Waals surface area contributed by atoms with E-state index < -0.39 is 5.25 Å². The van der Waals surface area contributed by atoms with Gasteiger partial charge in [0.05, 0.1) is 26.9 Å². The van der Waals surface area contributed by atoms with E-state index in [1.807, 2.05) is 6.07 Å². The molecule has 0 saturated carbocycles. The maximum atomic E-state index is 11.7. The Morgan fingerprint density at radius 2 is 2.12 bits per heavy atom. The smallest absolute Gasteiger partial charge is 0.348 e. The van der Waals surface area contributed by atoms with E-state index in [-0.39, 0.29) is 18.0 Å². The molecule has 0 aliphatic carbocycles. The van der Waals surface area contributed by atoms with Crippen LogP contribution in [0.1, 0.15) is 27.9 Å². The van der Waals surface area contributed by atoms with Gasteiger partial charge < -0.3 is 14.2 Å². The van der Waals surface area contributed by atoms with Crippen LogP contribution in [0.15, 0.2) is 17.1 Å². The number of aryl methyl sites for hydroxylation is 1. The van der Waals surface area contributed by atoms with Crippen LogP contribution in [-0.4, -0.2) is 55.7 Å². The highest BCUT2D eigenvalue weighted by Gasteiger charge is 2.32. The van der Waals surface area contributed by atoms with Crippen molar-refractivity contribution < 1.29 is 23.8 Å². The van der Waals surface area contributed by atoms with Crippen LogP contribution in [0, 0.1) is 0 Å². The van der Waals surface area contributed by atoms with Crippen molar-refractivity contribution in [3.63, 3.8) is 0 Å². The highest BCUT2D eigenvalue weighted by molar-refractivity contribution is 8.01. The summed E-state index contributed by atoms with van der Waals surface area (Å²) in [6.07, 6.45) is 1.65. The first-order valence-corrected chi connectivity index (χ1v) is 9.52. The van der Waals surface area contributed by atoms with Crippen molar-refractivity contribution in [2.24, 2.45) is 4.99 Å². The van der Waals surface area contributed by atoms with Crippen LogP contribution in [0.3, 0.4) is 0 Å². The average molecular weight is 371 g/mol. The lowest BCUT2D eigenvalue weighted by molar-refractivity contribution is -0.138. The topological polar surface area (TPSA) is 74.2 Å². The molecule has 132 valence electrons. The molecule has 2 heterocycles. The van der Waals surface area contributed by atoms with Crippen LogP contribution in [0.25, 0.3) is 0 Å². The van der Waals surface area contributed by atoms with Crippen molar-refractivity contribution in [2.75, 3.05) is 26.6 Å². The molecule has 6 nitrogen and oxygen atoms in total. The van der Waals surface area contributed by atoms with Gasteiger partial charge in [-0.1, -0.05) is 0 Å². The lowest BCUT2D eigenvalue weighted by Gasteiger charge is -2.24. The molecule has 1 aromatic heterocycles. The third-order valence-corrected chi connectivity index (χ3v) is 5.91. The largest absolute Gasteiger partial charge is 0.483 e. The Labute approximate surface area is 149 Å². The summed E-state index contributed by atoms with van der Waals surface area (Å²) >= 11 is 2.94. The van der Waals surface area contributed by atoms with Crippen molar-refractivity contribution in [1.82, 2.24) is 0 Å². The number of carbonyl (C=O) groups excluding carboxylic acids is 2. The van der Waals surface area contributed by atoms with Crippen LogP contribution in [0.5, 0.6) is 0 Å². The summed E-state index contributed by atoms with van der Waals surface area (Å²) < 4.78 is 15.0. The first-order valence-electron chi connectivity index (χ1n) is 7.66. The molecule has 2 rings (SSSR count). The van der Waals surface area contributed by atoms with Crippen LogP contribution < -0.4 is 0 Å². The van der Waals surface area contributed by atoms with Gasteiger partial charge in [-0.05, 0) is 31.9 Å². The van der Waals surface area contributed by atoms with Gasteiger partial charge in [0.1, 0.15) is 4.88 Å². The first kappa shape index (κ1) is 18.8. The molecule has 1 aromatic rings. The van der Waals surface area contributed by atoms with E-state index in [1.165, 1.54) is 37.3 Å². The summed E-state index contributed by atoms with van der Waals surface area (Å²) in [7, 11) is 2.88. The van der Waals surface area contributed by atoms with Gasteiger partial charge >= 0.3 is 11.9 Å². The Bertz CT molecular complexity index is 613. The Balaban J connectivity index is 1.93. The van der Waals surface area contributed by atoms with Gasteiger partial charge in [0.15, 0.2) is 5.25 Å². The van der Waals surface area contributed by atoms with Crippen molar-refractivity contribution in [2.45, 2.75) is 31.1 Å². The SMILES string of the molecule is CCOC(=O)c1ccc(CCC2CSC(C(=O)OC)C(OC)=N2)s1. The molecule has 24 heavy (non-hydrogen) atoms. The highest BCUT2D eigenvalue weighted by atomic mass is 32.2. The molecule has 0 spiro atoms. The van der Waals surface area contributed by atoms with Gasteiger partial charge in [0.2, 0.25) is 5.90 Å². The van der Waals surface area contributed by atoms with Gasteiger partial charge in [-0.15, -0.1) is 23.1 Å². The predicted molar refractivity (Wildman–Crippen MR) is 95.1 cm³/mol. The Morgan fingerprint density at radius 3 is 2.79 bits per heavy atom. The maximum Gasteiger partial charge on any atom is 0.348 e. The number of methoxy groups -OCH3 is 2. The molecule has 0 radical (unpaired) electrons. The number of rotatable bonds is 6. The lowest BCUT2D eigenvalue weighted by Crippen LogP contribution is -2.36. The van der Waals surface area contributed by atoms with E-state index in [4.69, 9.17) is 14.2 Å². The molecule has 0 saturated heterocycles. The summed E-state index contributed by atoms with van der Waals surface area (Å²) in [5.41, 5.74) is 0. The van der Waals surface area contributed by atoms with E-state index in [9.17, 15) is 9.59 Å². The van der Waals surface area contributed by atoms with Gasteiger partial charge in [-0.2, -0.15) is 0 Å². The van der Waals surface area contributed by atoms with Crippen molar-refractivity contribution in [3.05, 3.63) is 21.9 Å². The minimum absolute atomic E-state index is 0.0824. The summed E-state index contributed by atoms with van der Waals surface area (Å²) in [6.45, 7) is 2.17. The van der Waals surface area contributed by atoms with E-state index in [2.05, 4.69) is 4.99 Å². The Kier molecular flexibility index (Phi) is 7.11. The highest BCUT2D eigenvalue weighted by Crippen LogP contribution is 2.26. The quantitative estimate of drug-likeness (QED) is 0.716. The molecule has 0 amide bonds. The van der Waals surface area contributed by atoms with Gasteiger partial charge in [0, 0.05) is 10.6 Å². The second kappa shape index (κ2) is 9.08. The van der Waals surface area contributed by atoms with Crippen LogP contribution >= 0.6 is 23.1 Å². The number of ether oxygens (including phenoxy) is 3. The molecule has 2 atom stereocenters. The fourth-order valence-electron chi connectivity index (χ4n) is 2.28. The molecule has 1 aliphatic heterocycles. The van der Waals surface area contributed by atoms with Crippen LogP contribution in [-0.2, 0) is 25.4 Å². The van der Waals surface area contributed by atoms with Gasteiger partial charge in [-0.3, -0.25) is 4.79 Å². The van der Waals surface area contributed by atoms with E-state index >= 15 is 0 Å². The van der Waals surface area contributed by atoms with E-state index in [0.29, 0.717) is 17.4 Å².